The summed E-state index contributed by atoms with van der Waals surface area (Å²) in [5, 5.41) is 5.97. The molecule has 2 rings (SSSR count). The highest BCUT2D eigenvalue weighted by Gasteiger charge is 2.37. The van der Waals surface area contributed by atoms with Gasteiger partial charge in [-0.3, -0.25) is 14.4 Å². The van der Waals surface area contributed by atoms with E-state index in [2.05, 4.69) is 17.6 Å². The Bertz CT molecular complexity index is 449. The number of esters is 1. The van der Waals surface area contributed by atoms with E-state index in [1.54, 1.807) is 4.90 Å². The van der Waals surface area contributed by atoms with Gasteiger partial charge in [0.25, 0.3) is 0 Å². The summed E-state index contributed by atoms with van der Waals surface area (Å²) < 4.78 is 5.20. The summed E-state index contributed by atoms with van der Waals surface area (Å²) in [4.78, 5) is 38.5. The summed E-state index contributed by atoms with van der Waals surface area (Å²) in [6, 6.07) is -0.744. The van der Waals surface area contributed by atoms with Gasteiger partial charge in [-0.05, 0) is 25.8 Å². The molecule has 7 nitrogen and oxygen atoms in total. The molecule has 2 atom stereocenters. The van der Waals surface area contributed by atoms with Crippen LogP contribution in [0.5, 0.6) is 0 Å². The van der Waals surface area contributed by atoms with Gasteiger partial charge >= 0.3 is 5.97 Å². The van der Waals surface area contributed by atoms with Crippen molar-refractivity contribution in [3.63, 3.8) is 0 Å². The molecule has 0 aromatic heterocycles. The fraction of sp³-hybridized carbons (Fsp3) is 0.824. The molecule has 2 aliphatic rings. The number of piperazine rings is 1. The number of hydrogen-bond donors (Lipinski definition) is 2. The van der Waals surface area contributed by atoms with E-state index < -0.39 is 12.0 Å². The van der Waals surface area contributed by atoms with Gasteiger partial charge in [0.2, 0.25) is 11.8 Å². The maximum Gasteiger partial charge on any atom is 0.308 e. The Morgan fingerprint density at radius 3 is 2.83 bits per heavy atom. The Morgan fingerprint density at radius 1 is 1.29 bits per heavy atom. The lowest BCUT2D eigenvalue weighted by Gasteiger charge is -2.37. The van der Waals surface area contributed by atoms with Crippen LogP contribution in [0.4, 0.5) is 0 Å². The van der Waals surface area contributed by atoms with Gasteiger partial charge in [0.1, 0.15) is 6.04 Å². The zero-order valence-corrected chi connectivity index (χ0v) is 14.5. The first-order chi connectivity index (χ1) is 11.6. The van der Waals surface area contributed by atoms with E-state index in [4.69, 9.17) is 4.74 Å². The normalized spacial score (nSPS) is 24.4. The zero-order chi connectivity index (χ0) is 17.4. The van der Waals surface area contributed by atoms with E-state index in [0.29, 0.717) is 26.2 Å². The van der Waals surface area contributed by atoms with Gasteiger partial charge in [-0.2, -0.15) is 0 Å². The van der Waals surface area contributed by atoms with Crippen molar-refractivity contribution in [3.05, 3.63) is 0 Å². The number of nitrogens with zero attached hydrogens (tertiary/aromatic N) is 1. The van der Waals surface area contributed by atoms with Crippen molar-refractivity contribution in [2.45, 2.75) is 51.5 Å². The molecule has 136 valence electrons. The minimum atomic E-state index is -0.744. The third-order valence-electron chi connectivity index (χ3n) is 4.63. The first-order valence-electron chi connectivity index (χ1n) is 9.08. The Labute approximate surface area is 143 Å². The van der Waals surface area contributed by atoms with Gasteiger partial charge < -0.3 is 20.3 Å². The van der Waals surface area contributed by atoms with Crippen molar-refractivity contribution in [1.82, 2.24) is 15.5 Å². The molecular weight excluding hydrogens is 310 g/mol. The number of nitrogens with one attached hydrogen (secondary N) is 2. The highest BCUT2D eigenvalue weighted by molar-refractivity contribution is 5.92. The lowest BCUT2D eigenvalue weighted by atomic mass is 9.96. The average Bonchev–Trinajstić information content (AvgIpc) is 2.60. The summed E-state index contributed by atoms with van der Waals surface area (Å²) in [6.45, 7) is 4.92. The third kappa shape index (κ3) is 5.19. The molecule has 2 N–H and O–H groups in total. The van der Waals surface area contributed by atoms with Crippen molar-refractivity contribution >= 4 is 17.8 Å². The van der Waals surface area contributed by atoms with Crippen molar-refractivity contribution in [1.29, 1.82) is 0 Å². The Hall–Kier alpha value is -1.63. The van der Waals surface area contributed by atoms with E-state index in [1.165, 1.54) is 0 Å². The van der Waals surface area contributed by atoms with Gasteiger partial charge in [0.15, 0.2) is 0 Å². The minimum Gasteiger partial charge on any atom is -0.466 e. The molecular formula is C17H29N3O4. The molecule has 2 saturated heterocycles. The quantitative estimate of drug-likeness (QED) is 0.519. The molecule has 24 heavy (non-hydrogen) atoms. The van der Waals surface area contributed by atoms with Crippen molar-refractivity contribution in [3.8, 4) is 0 Å². The van der Waals surface area contributed by atoms with Crippen molar-refractivity contribution < 1.29 is 19.1 Å². The number of rotatable bonds is 7. The molecule has 2 fully saturated rings. The predicted molar refractivity (Wildman–Crippen MR) is 89.2 cm³/mol. The molecule has 0 bridgehead atoms. The number of unbranched alkanes of at least 4 members (excludes halogenated alkanes) is 2. The highest BCUT2D eigenvalue weighted by Crippen LogP contribution is 2.18. The van der Waals surface area contributed by atoms with Gasteiger partial charge in [-0.1, -0.05) is 19.8 Å². The van der Waals surface area contributed by atoms with Crippen LogP contribution in [0.25, 0.3) is 0 Å². The van der Waals surface area contributed by atoms with E-state index >= 15 is 0 Å². The maximum absolute atomic E-state index is 12.7. The van der Waals surface area contributed by atoms with Gasteiger partial charge in [-0.25, -0.2) is 0 Å². The summed E-state index contributed by atoms with van der Waals surface area (Å²) in [5.41, 5.74) is 0. The van der Waals surface area contributed by atoms with Crippen LogP contribution in [0.15, 0.2) is 0 Å². The second kappa shape index (κ2) is 9.61. The number of carbonyl (C=O) groups is 3. The maximum atomic E-state index is 12.7. The SMILES string of the molecule is CCCCCOC(=O)CC1C(=O)NCCN1C(=O)C1CCCNC1. The number of ether oxygens (including phenoxy) is 1. The Kier molecular flexibility index (Phi) is 7.49. The van der Waals surface area contributed by atoms with Crippen LogP contribution in [0, 0.1) is 5.92 Å². The molecule has 2 heterocycles. The number of amides is 2. The monoisotopic (exact) mass is 339 g/mol. The summed E-state index contributed by atoms with van der Waals surface area (Å²) in [6.07, 6.45) is 4.62. The molecule has 0 aliphatic carbocycles. The van der Waals surface area contributed by atoms with Crippen molar-refractivity contribution in [2.24, 2.45) is 5.92 Å². The number of carbonyl (C=O) groups excluding carboxylic acids is 3. The third-order valence-corrected chi connectivity index (χ3v) is 4.63. The van der Waals surface area contributed by atoms with Crippen molar-refractivity contribution in [2.75, 3.05) is 32.8 Å². The Balaban J connectivity index is 1.91. The molecule has 0 radical (unpaired) electrons. The molecule has 0 saturated carbocycles. The molecule has 0 aromatic carbocycles. The fourth-order valence-corrected chi connectivity index (χ4v) is 3.23. The molecule has 2 aliphatic heterocycles. The second-order valence-electron chi connectivity index (χ2n) is 6.51. The van der Waals surface area contributed by atoms with Gasteiger partial charge in [-0.15, -0.1) is 0 Å². The first-order valence-corrected chi connectivity index (χ1v) is 9.08. The molecule has 0 aromatic rings. The number of hydrogen-bond acceptors (Lipinski definition) is 5. The fourth-order valence-electron chi connectivity index (χ4n) is 3.23. The standard InChI is InChI=1S/C17H29N3O4/c1-2-3-4-10-24-15(21)11-14-16(22)19-8-9-20(14)17(23)13-6-5-7-18-12-13/h13-14,18H,2-12H2,1H3,(H,19,22). The molecule has 0 spiro atoms. The van der Waals surface area contributed by atoms with Crippen LogP contribution in [-0.2, 0) is 19.1 Å². The predicted octanol–water partition coefficient (Wildman–Crippen LogP) is 0.437. The highest BCUT2D eigenvalue weighted by atomic mass is 16.5. The minimum absolute atomic E-state index is 0.0270. The molecule has 2 amide bonds. The summed E-state index contributed by atoms with van der Waals surface area (Å²) in [7, 11) is 0. The van der Waals surface area contributed by atoms with Gasteiger partial charge in [0.05, 0.1) is 18.9 Å². The lowest BCUT2D eigenvalue weighted by Crippen LogP contribution is -2.59. The van der Waals surface area contributed by atoms with Crippen LogP contribution in [0.2, 0.25) is 0 Å². The van der Waals surface area contributed by atoms with E-state index in [0.717, 1.165) is 38.6 Å². The van der Waals surface area contributed by atoms with E-state index in [-0.39, 0.29) is 24.2 Å². The second-order valence-corrected chi connectivity index (χ2v) is 6.51. The smallest absolute Gasteiger partial charge is 0.308 e. The van der Waals surface area contributed by atoms with E-state index in [1.807, 2.05) is 0 Å². The average molecular weight is 339 g/mol. The molecule has 7 heteroatoms. The topological polar surface area (TPSA) is 87.7 Å². The van der Waals surface area contributed by atoms with Crippen LogP contribution in [-0.4, -0.2) is 61.5 Å². The van der Waals surface area contributed by atoms with E-state index in [9.17, 15) is 14.4 Å². The first kappa shape index (κ1) is 18.7. The van der Waals surface area contributed by atoms with Crippen LogP contribution in [0.3, 0.4) is 0 Å². The Morgan fingerprint density at radius 2 is 2.12 bits per heavy atom. The van der Waals surface area contributed by atoms with Crippen LogP contribution in [0.1, 0.15) is 45.4 Å². The van der Waals surface area contributed by atoms with Crippen LogP contribution < -0.4 is 10.6 Å². The van der Waals surface area contributed by atoms with Gasteiger partial charge in [0, 0.05) is 19.6 Å². The van der Waals surface area contributed by atoms with Crippen LogP contribution >= 0.6 is 0 Å². The number of piperidine rings is 1. The summed E-state index contributed by atoms with van der Waals surface area (Å²) >= 11 is 0. The summed E-state index contributed by atoms with van der Waals surface area (Å²) in [5.74, 6) is -0.801. The largest absolute Gasteiger partial charge is 0.466 e. The zero-order valence-electron chi connectivity index (χ0n) is 14.5. The molecule has 2 unspecified atom stereocenters. The lowest BCUT2D eigenvalue weighted by molar-refractivity contribution is -0.153.